The van der Waals surface area contributed by atoms with Crippen LogP contribution in [0.3, 0.4) is 0 Å². The molecule has 0 saturated carbocycles. The largest absolute Gasteiger partial charge is 0.465 e. The van der Waals surface area contributed by atoms with Gasteiger partial charge in [0.05, 0.1) is 6.61 Å². The number of halogens is 7. The lowest BCUT2D eigenvalue weighted by atomic mass is 9.82. The fourth-order valence-electron chi connectivity index (χ4n) is 1.88. The quantitative estimate of drug-likeness (QED) is 0.329. The number of rotatable bonds is 9. The van der Waals surface area contributed by atoms with Gasteiger partial charge in [-0.25, -0.2) is 0 Å². The summed E-state index contributed by atoms with van der Waals surface area (Å²) >= 11 is 0. The van der Waals surface area contributed by atoms with Gasteiger partial charge in [0.2, 0.25) is 0 Å². The molecule has 0 heterocycles. The Hall–Kier alpha value is -1.55. The van der Waals surface area contributed by atoms with Crippen molar-refractivity contribution >= 4 is 11.9 Å². The average Bonchev–Trinajstić information content (AvgIpc) is 2.51. The molecule has 0 spiro atoms. The SMILES string of the molecule is CCC(CC)(C(=O)OCC(C)C)C(=O)OCC(F)(F)C(F)(F)C(F)(F)F. The maximum absolute atomic E-state index is 13.2. The summed E-state index contributed by atoms with van der Waals surface area (Å²) in [6.07, 6.45) is -7.09. The van der Waals surface area contributed by atoms with Crippen LogP contribution >= 0.6 is 0 Å². The van der Waals surface area contributed by atoms with E-state index in [4.69, 9.17) is 4.74 Å². The summed E-state index contributed by atoms with van der Waals surface area (Å²) in [6, 6.07) is 0. The van der Waals surface area contributed by atoms with Gasteiger partial charge in [-0.2, -0.15) is 30.7 Å². The van der Waals surface area contributed by atoms with Crippen LogP contribution in [-0.2, 0) is 19.1 Å². The Balaban J connectivity index is 5.33. The summed E-state index contributed by atoms with van der Waals surface area (Å²) in [5.74, 6) is -15.0. The summed E-state index contributed by atoms with van der Waals surface area (Å²) in [7, 11) is 0. The van der Waals surface area contributed by atoms with E-state index in [-0.39, 0.29) is 25.4 Å². The molecule has 154 valence electrons. The highest BCUT2D eigenvalue weighted by atomic mass is 19.4. The van der Waals surface area contributed by atoms with Gasteiger partial charge in [-0.1, -0.05) is 27.7 Å². The molecule has 0 aliphatic heterocycles. The zero-order valence-corrected chi connectivity index (χ0v) is 14.7. The van der Waals surface area contributed by atoms with Crippen LogP contribution < -0.4 is 0 Å². The number of carbonyl (C=O) groups excluding carboxylic acids is 2. The summed E-state index contributed by atoms with van der Waals surface area (Å²) in [6.45, 7) is 3.39. The third-order valence-electron chi connectivity index (χ3n) is 3.74. The van der Waals surface area contributed by atoms with Gasteiger partial charge in [-0.3, -0.25) is 9.59 Å². The lowest BCUT2D eigenvalue weighted by molar-refractivity contribution is -0.360. The number of hydrogen-bond acceptors (Lipinski definition) is 4. The first-order valence-corrected chi connectivity index (χ1v) is 7.75. The van der Waals surface area contributed by atoms with Crippen molar-refractivity contribution in [1.82, 2.24) is 0 Å². The highest BCUT2D eigenvalue weighted by Crippen LogP contribution is 2.46. The average molecular weight is 398 g/mol. The van der Waals surface area contributed by atoms with Gasteiger partial charge in [0.25, 0.3) is 0 Å². The smallest absolute Gasteiger partial charge is 0.460 e. The number of esters is 2. The van der Waals surface area contributed by atoms with Crippen LogP contribution in [0.15, 0.2) is 0 Å². The van der Waals surface area contributed by atoms with Crippen molar-refractivity contribution in [2.45, 2.75) is 58.6 Å². The van der Waals surface area contributed by atoms with Crippen molar-refractivity contribution in [2.24, 2.45) is 11.3 Å². The first-order valence-electron chi connectivity index (χ1n) is 7.75. The summed E-state index contributed by atoms with van der Waals surface area (Å²) in [5, 5.41) is 0. The lowest BCUT2D eigenvalue weighted by Gasteiger charge is -2.30. The molecule has 0 aliphatic carbocycles. The standard InChI is InChI=1S/C15H21F7O4/c1-5-12(6-2,10(23)25-7-9(3)4)11(24)26-8-13(16,17)14(18,19)15(20,21)22/h9H,5-8H2,1-4H3. The molecule has 0 atom stereocenters. The van der Waals surface area contributed by atoms with E-state index < -0.39 is 42.0 Å². The first kappa shape index (κ1) is 24.5. The van der Waals surface area contributed by atoms with Crippen LogP contribution in [0.4, 0.5) is 30.7 Å². The minimum atomic E-state index is -6.54. The Morgan fingerprint density at radius 2 is 1.27 bits per heavy atom. The number of alkyl halides is 7. The molecule has 11 heteroatoms. The Morgan fingerprint density at radius 3 is 1.62 bits per heavy atom. The fraction of sp³-hybridized carbons (Fsp3) is 0.867. The molecule has 0 rings (SSSR count). The summed E-state index contributed by atoms with van der Waals surface area (Å²) < 4.78 is 97.3. The van der Waals surface area contributed by atoms with Crippen LogP contribution in [0.1, 0.15) is 40.5 Å². The first-order chi connectivity index (χ1) is 11.6. The second kappa shape index (κ2) is 8.43. The van der Waals surface area contributed by atoms with Gasteiger partial charge in [0.15, 0.2) is 12.0 Å². The van der Waals surface area contributed by atoms with Gasteiger partial charge in [-0.15, -0.1) is 0 Å². The molecule has 26 heavy (non-hydrogen) atoms. The molecule has 4 nitrogen and oxygen atoms in total. The molecular weight excluding hydrogens is 377 g/mol. The molecule has 0 aromatic carbocycles. The zero-order valence-electron chi connectivity index (χ0n) is 14.7. The Bertz CT molecular complexity index is 497. The van der Waals surface area contributed by atoms with Crippen molar-refractivity contribution in [2.75, 3.05) is 13.2 Å². The molecule has 0 saturated heterocycles. The van der Waals surface area contributed by atoms with Crippen LogP contribution in [0.2, 0.25) is 0 Å². The molecular formula is C15H21F7O4. The van der Waals surface area contributed by atoms with Crippen LogP contribution in [-0.4, -0.2) is 43.2 Å². The summed E-state index contributed by atoms with van der Waals surface area (Å²) in [4.78, 5) is 24.2. The van der Waals surface area contributed by atoms with Crippen LogP contribution in [0.5, 0.6) is 0 Å². The Kier molecular flexibility index (Phi) is 7.92. The molecule has 0 fully saturated rings. The molecule has 0 bridgehead atoms. The predicted octanol–water partition coefficient (Wildman–Crippen LogP) is 4.37. The fourth-order valence-corrected chi connectivity index (χ4v) is 1.88. The van der Waals surface area contributed by atoms with Crippen molar-refractivity contribution < 1.29 is 49.8 Å². The molecule has 0 N–H and O–H groups in total. The van der Waals surface area contributed by atoms with Gasteiger partial charge in [0, 0.05) is 0 Å². The van der Waals surface area contributed by atoms with E-state index in [1.54, 1.807) is 13.8 Å². The van der Waals surface area contributed by atoms with Crippen LogP contribution in [0.25, 0.3) is 0 Å². The second-order valence-corrected chi connectivity index (χ2v) is 6.13. The normalized spacial score (nSPS) is 13.7. The molecule has 0 aromatic heterocycles. The van der Waals surface area contributed by atoms with E-state index in [2.05, 4.69) is 4.74 Å². The third kappa shape index (κ3) is 5.00. The van der Waals surface area contributed by atoms with Crippen molar-refractivity contribution in [3.63, 3.8) is 0 Å². The minimum absolute atomic E-state index is 0.101. The van der Waals surface area contributed by atoms with E-state index in [1.807, 2.05) is 0 Å². The highest BCUT2D eigenvalue weighted by Gasteiger charge is 2.73. The van der Waals surface area contributed by atoms with E-state index in [1.165, 1.54) is 13.8 Å². The predicted molar refractivity (Wildman–Crippen MR) is 75.7 cm³/mol. The lowest BCUT2D eigenvalue weighted by Crippen LogP contribution is -2.55. The van der Waals surface area contributed by atoms with Gasteiger partial charge in [-0.05, 0) is 18.8 Å². The Morgan fingerprint density at radius 1 is 0.846 bits per heavy atom. The monoisotopic (exact) mass is 398 g/mol. The number of hydrogen-bond donors (Lipinski definition) is 0. The molecule has 0 unspecified atom stereocenters. The number of ether oxygens (including phenoxy) is 2. The van der Waals surface area contributed by atoms with E-state index in [0.29, 0.717) is 0 Å². The second-order valence-electron chi connectivity index (χ2n) is 6.13. The van der Waals surface area contributed by atoms with Gasteiger partial charge in [0.1, 0.15) is 0 Å². The zero-order chi connectivity index (χ0) is 21.0. The van der Waals surface area contributed by atoms with Crippen LogP contribution in [0, 0.1) is 11.3 Å². The summed E-state index contributed by atoms with van der Waals surface area (Å²) in [5.41, 5.74) is -2.07. The highest BCUT2D eigenvalue weighted by molar-refractivity contribution is 6.00. The number of carbonyl (C=O) groups is 2. The van der Waals surface area contributed by atoms with Gasteiger partial charge >= 0.3 is 30.0 Å². The molecule has 0 aromatic rings. The molecule has 0 amide bonds. The van der Waals surface area contributed by atoms with Gasteiger partial charge < -0.3 is 9.47 Å². The van der Waals surface area contributed by atoms with Crippen molar-refractivity contribution in [3.8, 4) is 0 Å². The molecule has 0 radical (unpaired) electrons. The maximum Gasteiger partial charge on any atom is 0.460 e. The van der Waals surface area contributed by atoms with E-state index >= 15 is 0 Å². The molecule has 0 aliphatic rings. The van der Waals surface area contributed by atoms with E-state index in [0.717, 1.165) is 0 Å². The maximum atomic E-state index is 13.2. The van der Waals surface area contributed by atoms with E-state index in [9.17, 15) is 40.3 Å². The minimum Gasteiger partial charge on any atom is -0.465 e. The third-order valence-corrected chi connectivity index (χ3v) is 3.74. The topological polar surface area (TPSA) is 52.6 Å². The van der Waals surface area contributed by atoms with Crippen molar-refractivity contribution in [3.05, 3.63) is 0 Å². The Labute approximate surface area is 146 Å². The van der Waals surface area contributed by atoms with Crippen molar-refractivity contribution in [1.29, 1.82) is 0 Å².